The van der Waals surface area contributed by atoms with Crippen LogP contribution in [-0.2, 0) is 10.6 Å². The molecule has 2 atom stereocenters. The number of hydrogen-bond acceptors (Lipinski definition) is 1. The van der Waals surface area contributed by atoms with Gasteiger partial charge < -0.3 is 4.43 Å². The van der Waals surface area contributed by atoms with Crippen molar-refractivity contribution < 1.29 is 17.6 Å². The van der Waals surface area contributed by atoms with Gasteiger partial charge in [0.05, 0.1) is 5.56 Å². The van der Waals surface area contributed by atoms with Gasteiger partial charge in [0.2, 0.25) is 8.32 Å². The largest absolute Gasteiger partial charge is 0.416 e. The van der Waals surface area contributed by atoms with Gasteiger partial charge in [0.1, 0.15) is 0 Å². The van der Waals surface area contributed by atoms with Crippen LogP contribution >= 0.6 is 0 Å². The van der Waals surface area contributed by atoms with Crippen LogP contribution < -0.4 is 5.19 Å². The van der Waals surface area contributed by atoms with E-state index < -0.39 is 20.1 Å². The zero-order chi connectivity index (χ0) is 17.8. The highest BCUT2D eigenvalue weighted by Gasteiger charge is 2.34. The fourth-order valence-electron chi connectivity index (χ4n) is 3.51. The van der Waals surface area contributed by atoms with E-state index >= 15 is 0 Å². The molecule has 1 aromatic carbocycles. The summed E-state index contributed by atoms with van der Waals surface area (Å²) in [6.45, 7) is 7.93. The Bertz CT molecular complexity index is 537. The second-order valence-corrected chi connectivity index (χ2v) is 11.1. The van der Waals surface area contributed by atoms with Crippen LogP contribution in [0.25, 0.3) is 0 Å². The summed E-state index contributed by atoms with van der Waals surface area (Å²) in [5.74, 6) is 0.680. The van der Waals surface area contributed by atoms with Crippen LogP contribution in [0.3, 0.4) is 0 Å². The second kappa shape index (κ2) is 7.87. The molecule has 0 aromatic heterocycles. The minimum atomic E-state index is -4.28. The van der Waals surface area contributed by atoms with Crippen LogP contribution in [0, 0.1) is 5.92 Å². The van der Waals surface area contributed by atoms with E-state index in [-0.39, 0.29) is 6.10 Å². The summed E-state index contributed by atoms with van der Waals surface area (Å²) in [5, 5.41) is 0.920. The molecule has 2 rings (SSSR count). The average molecular weight is 357 g/mol. The normalized spacial score (nSPS) is 22.4. The number of halogens is 3. The van der Waals surface area contributed by atoms with Crippen molar-refractivity contribution in [3.8, 4) is 0 Å². The molecule has 5 heteroatoms. The second-order valence-electron chi connectivity index (χ2n) is 7.22. The highest BCUT2D eigenvalue weighted by Crippen LogP contribution is 2.32. The molecule has 1 aliphatic carbocycles. The number of alkyl halides is 3. The highest BCUT2D eigenvalue weighted by atomic mass is 28.4. The molecule has 0 N–H and O–H groups in total. The molecule has 1 aromatic rings. The van der Waals surface area contributed by atoms with Crippen LogP contribution in [0.5, 0.6) is 0 Å². The molecule has 0 aliphatic heterocycles. The van der Waals surface area contributed by atoms with Crippen molar-refractivity contribution in [2.24, 2.45) is 5.92 Å². The van der Waals surface area contributed by atoms with Crippen molar-refractivity contribution in [2.75, 3.05) is 0 Å². The van der Waals surface area contributed by atoms with Crippen LogP contribution in [0.2, 0.25) is 13.1 Å². The molecule has 0 bridgehead atoms. The van der Waals surface area contributed by atoms with Crippen LogP contribution in [0.15, 0.2) is 36.9 Å². The lowest BCUT2D eigenvalue weighted by molar-refractivity contribution is -0.137. The Kier molecular flexibility index (Phi) is 6.32. The fraction of sp³-hybridized carbons (Fsp3) is 0.579. The molecule has 1 aliphatic rings. The summed E-state index contributed by atoms with van der Waals surface area (Å²) in [6, 6.07) is 5.52. The third-order valence-corrected chi connectivity index (χ3v) is 7.53. The highest BCUT2D eigenvalue weighted by molar-refractivity contribution is 6.84. The first kappa shape index (κ1) is 19.3. The van der Waals surface area contributed by atoms with E-state index in [0.717, 1.165) is 30.9 Å². The summed E-state index contributed by atoms with van der Waals surface area (Å²) in [6.07, 6.45) is 4.64. The van der Waals surface area contributed by atoms with Crippen LogP contribution in [0.4, 0.5) is 13.2 Å². The van der Waals surface area contributed by atoms with Gasteiger partial charge >= 0.3 is 6.18 Å². The molecule has 2 unspecified atom stereocenters. The van der Waals surface area contributed by atoms with Crippen LogP contribution in [0.1, 0.15) is 44.1 Å². The summed E-state index contributed by atoms with van der Waals surface area (Å²) in [7, 11) is -2.20. The Balaban J connectivity index is 2.00. The van der Waals surface area contributed by atoms with Gasteiger partial charge in [-0.15, -0.1) is 6.58 Å². The maximum Gasteiger partial charge on any atom is 0.416 e. The molecule has 1 saturated carbocycles. The van der Waals surface area contributed by atoms with E-state index in [0.29, 0.717) is 5.92 Å². The van der Waals surface area contributed by atoms with Crippen molar-refractivity contribution in [1.82, 2.24) is 0 Å². The number of allylic oxidation sites excluding steroid dienone is 1. The van der Waals surface area contributed by atoms with E-state index in [4.69, 9.17) is 4.43 Å². The Labute approximate surface area is 144 Å². The first-order chi connectivity index (χ1) is 11.2. The third-order valence-electron chi connectivity index (χ3n) is 4.88. The van der Waals surface area contributed by atoms with Gasteiger partial charge in [-0.05, 0) is 49.9 Å². The summed E-state index contributed by atoms with van der Waals surface area (Å²) in [5.41, 5.74) is -0.599. The molecule has 1 fully saturated rings. The van der Waals surface area contributed by atoms with Crippen molar-refractivity contribution >= 4 is 13.5 Å². The molecule has 24 heavy (non-hydrogen) atoms. The van der Waals surface area contributed by atoms with Gasteiger partial charge in [-0.3, -0.25) is 0 Å². The monoisotopic (exact) mass is 356 g/mol. The van der Waals surface area contributed by atoms with Gasteiger partial charge in [-0.1, -0.05) is 43.2 Å². The quantitative estimate of drug-likeness (QED) is 0.472. The van der Waals surface area contributed by atoms with E-state index in [1.807, 2.05) is 6.08 Å². The molecule has 1 nitrogen and oxygen atoms in total. The predicted octanol–water partition coefficient (Wildman–Crippen LogP) is 5.66. The minimum absolute atomic E-state index is 0.234. The Morgan fingerprint density at radius 1 is 1.21 bits per heavy atom. The topological polar surface area (TPSA) is 9.23 Å². The molecular formula is C19H27F3OSi. The van der Waals surface area contributed by atoms with Crippen molar-refractivity contribution in [2.45, 2.75) is 63.9 Å². The zero-order valence-corrected chi connectivity index (χ0v) is 15.5. The lowest BCUT2D eigenvalue weighted by Crippen LogP contribution is -2.48. The van der Waals surface area contributed by atoms with Crippen molar-refractivity contribution in [1.29, 1.82) is 0 Å². The van der Waals surface area contributed by atoms with E-state index in [9.17, 15) is 13.2 Å². The Hall–Kier alpha value is -1.07. The fourth-order valence-corrected chi connectivity index (χ4v) is 5.66. The average Bonchev–Trinajstić information content (AvgIpc) is 2.52. The molecule has 134 valence electrons. The Morgan fingerprint density at radius 2 is 1.88 bits per heavy atom. The Morgan fingerprint density at radius 3 is 2.46 bits per heavy atom. The van der Waals surface area contributed by atoms with Gasteiger partial charge in [0.15, 0.2) is 0 Å². The number of benzene rings is 1. The zero-order valence-electron chi connectivity index (χ0n) is 14.5. The van der Waals surface area contributed by atoms with Gasteiger partial charge in [-0.25, -0.2) is 0 Å². The molecular weight excluding hydrogens is 329 g/mol. The molecule has 0 saturated heterocycles. The maximum atomic E-state index is 12.7. The molecule has 0 radical (unpaired) electrons. The lowest BCUT2D eigenvalue weighted by atomic mass is 9.84. The molecule has 0 amide bonds. The third kappa shape index (κ3) is 5.21. The summed E-state index contributed by atoms with van der Waals surface area (Å²) < 4.78 is 44.6. The van der Waals surface area contributed by atoms with Gasteiger partial charge in [0.25, 0.3) is 0 Å². The summed E-state index contributed by atoms with van der Waals surface area (Å²) in [4.78, 5) is 0. The van der Waals surface area contributed by atoms with Gasteiger partial charge in [-0.2, -0.15) is 13.2 Å². The first-order valence-electron chi connectivity index (χ1n) is 8.69. The summed E-state index contributed by atoms with van der Waals surface area (Å²) >= 11 is 0. The van der Waals surface area contributed by atoms with E-state index in [2.05, 4.69) is 19.7 Å². The number of rotatable bonds is 6. The van der Waals surface area contributed by atoms with E-state index in [1.54, 1.807) is 12.1 Å². The standard InChI is InChI=1S/C19H27F3OSi/c1-4-5-7-15-8-6-9-17(14-15)23-24(2,3)18-12-10-16(11-13-18)19(20,21)22/h4,10-13,15,17H,1,5-9,14H2,2-3H3. The lowest BCUT2D eigenvalue weighted by Gasteiger charge is -2.35. The molecule has 0 heterocycles. The maximum absolute atomic E-state index is 12.7. The van der Waals surface area contributed by atoms with Crippen molar-refractivity contribution in [3.05, 3.63) is 42.5 Å². The SMILES string of the molecule is C=CCCC1CCCC(O[Si](C)(C)c2ccc(C(F)(F)F)cc2)C1. The van der Waals surface area contributed by atoms with Crippen LogP contribution in [-0.4, -0.2) is 14.4 Å². The molecule has 0 spiro atoms. The van der Waals surface area contributed by atoms with Gasteiger partial charge in [0, 0.05) is 6.10 Å². The predicted molar refractivity (Wildman–Crippen MR) is 94.8 cm³/mol. The minimum Gasteiger partial charge on any atom is -0.410 e. The first-order valence-corrected chi connectivity index (χ1v) is 11.6. The van der Waals surface area contributed by atoms with E-state index in [1.165, 1.54) is 25.0 Å². The van der Waals surface area contributed by atoms with Crippen molar-refractivity contribution in [3.63, 3.8) is 0 Å². The smallest absolute Gasteiger partial charge is 0.410 e. The number of hydrogen-bond donors (Lipinski definition) is 0.